The number of aryl methyl sites for hydroxylation is 1. The number of ether oxygens (including phenoxy) is 1. The molecule has 0 amide bonds. The van der Waals surface area contributed by atoms with Gasteiger partial charge in [-0.3, -0.25) is 0 Å². The van der Waals surface area contributed by atoms with Crippen LogP contribution in [0, 0.1) is 11.3 Å². The van der Waals surface area contributed by atoms with Gasteiger partial charge in [-0.25, -0.2) is 0 Å². The van der Waals surface area contributed by atoms with Crippen LogP contribution in [0.1, 0.15) is 36.5 Å². The largest absolute Gasteiger partial charge is 0.497 e. The minimum atomic E-state index is 0.536. The summed E-state index contributed by atoms with van der Waals surface area (Å²) in [6, 6.07) is 9.89. The van der Waals surface area contributed by atoms with E-state index in [4.69, 9.17) is 4.74 Å². The van der Waals surface area contributed by atoms with Gasteiger partial charge in [-0.1, -0.05) is 18.6 Å². The average molecular weight is 294 g/mol. The summed E-state index contributed by atoms with van der Waals surface area (Å²) in [5, 5.41) is 18.0. The van der Waals surface area contributed by atoms with Crippen LogP contribution in [0.3, 0.4) is 0 Å². The molecule has 5 heteroatoms. The van der Waals surface area contributed by atoms with Crippen molar-refractivity contribution in [2.45, 2.75) is 32.2 Å². The van der Waals surface area contributed by atoms with E-state index in [1.807, 2.05) is 30.3 Å². The number of benzene rings is 1. The van der Waals surface area contributed by atoms with Gasteiger partial charge in [0.15, 0.2) is 5.82 Å². The quantitative estimate of drug-likeness (QED) is 0.816. The summed E-state index contributed by atoms with van der Waals surface area (Å²) >= 11 is 0. The van der Waals surface area contributed by atoms with Crippen LogP contribution < -0.4 is 4.74 Å². The molecular formula is C17H18N4O. The summed E-state index contributed by atoms with van der Waals surface area (Å²) in [6.07, 6.45) is 6.22. The fourth-order valence-corrected chi connectivity index (χ4v) is 2.73. The van der Waals surface area contributed by atoms with E-state index < -0.39 is 0 Å². The lowest BCUT2D eigenvalue weighted by Gasteiger charge is -2.06. The maximum Gasteiger partial charge on any atom is 0.174 e. The van der Waals surface area contributed by atoms with Gasteiger partial charge in [0.25, 0.3) is 0 Å². The topological polar surface area (TPSA) is 63.7 Å². The number of hydrogen-bond acceptors (Lipinski definition) is 4. The van der Waals surface area contributed by atoms with Gasteiger partial charge in [-0.15, -0.1) is 10.2 Å². The number of nitrogens with zero attached hydrogens (tertiary/aromatic N) is 4. The Kier molecular flexibility index (Phi) is 4.19. The summed E-state index contributed by atoms with van der Waals surface area (Å²) in [4.78, 5) is 0. The van der Waals surface area contributed by atoms with E-state index in [9.17, 15) is 5.26 Å². The molecule has 0 unspecified atom stereocenters. The van der Waals surface area contributed by atoms with Crippen LogP contribution >= 0.6 is 0 Å². The summed E-state index contributed by atoms with van der Waals surface area (Å²) in [6.45, 7) is 0.884. The maximum atomic E-state index is 9.53. The molecule has 0 spiro atoms. The number of fused-ring (bicyclic) bond motifs is 1. The Morgan fingerprint density at radius 2 is 2.23 bits per heavy atom. The number of aromatic nitrogens is 3. The first-order valence-electron chi connectivity index (χ1n) is 7.50. The fraction of sp³-hybridized carbons (Fsp3) is 0.353. The molecule has 0 bridgehead atoms. The van der Waals surface area contributed by atoms with Gasteiger partial charge in [-0.2, -0.15) is 5.26 Å². The number of nitriles is 1. The number of allylic oxidation sites excluding steroid dienone is 1. The first kappa shape index (κ1) is 14.3. The molecule has 0 saturated heterocycles. The zero-order chi connectivity index (χ0) is 15.4. The molecule has 1 aliphatic rings. The summed E-state index contributed by atoms with van der Waals surface area (Å²) in [5.41, 5.74) is 1.45. The molecule has 112 valence electrons. The van der Waals surface area contributed by atoms with Crippen molar-refractivity contribution in [1.82, 2.24) is 14.8 Å². The second-order valence-electron chi connectivity index (χ2n) is 5.35. The van der Waals surface area contributed by atoms with Gasteiger partial charge < -0.3 is 9.30 Å². The van der Waals surface area contributed by atoms with Crippen molar-refractivity contribution >= 4 is 11.6 Å². The Labute approximate surface area is 129 Å². The van der Waals surface area contributed by atoms with Crippen LogP contribution in [-0.2, 0) is 13.0 Å². The van der Waals surface area contributed by atoms with E-state index in [2.05, 4.69) is 20.8 Å². The van der Waals surface area contributed by atoms with Crippen molar-refractivity contribution in [1.29, 1.82) is 5.26 Å². The van der Waals surface area contributed by atoms with Crippen LogP contribution in [0.4, 0.5) is 0 Å². The van der Waals surface area contributed by atoms with Crippen LogP contribution in [0.2, 0.25) is 0 Å². The van der Waals surface area contributed by atoms with Crippen molar-refractivity contribution in [3.05, 3.63) is 41.5 Å². The minimum Gasteiger partial charge on any atom is -0.497 e. The van der Waals surface area contributed by atoms with Crippen molar-refractivity contribution in [2.24, 2.45) is 0 Å². The van der Waals surface area contributed by atoms with Crippen LogP contribution in [0.15, 0.2) is 24.3 Å². The molecular weight excluding hydrogens is 276 g/mol. The molecule has 2 aromatic rings. The zero-order valence-corrected chi connectivity index (χ0v) is 12.6. The monoisotopic (exact) mass is 294 g/mol. The predicted octanol–water partition coefficient (Wildman–Crippen LogP) is 3.08. The molecule has 0 fully saturated rings. The smallest absolute Gasteiger partial charge is 0.174 e. The second kappa shape index (κ2) is 6.44. The van der Waals surface area contributed by atoms with Crippen LogP contribution in [0.5, 0.6) is 5.75 Å². The van der Waals surface area contributed by atoms with Crippen molar-refractivity contribution in [2.75, 3.05) is 7.11 Å². The van der Waals surface area contributed by atoms with Crippen molar-refractivity contribution < 1.29 is 4.74 Å². The molecule has 1 aromatic heterocycles. The first-order chi connectivity index (χ1) is 10.8. The molecule has 0 aliphatic carbocycles. The van der Waals surface area contributed by atoms with Gasteiger partial charge in [0, 0.05) is 13.0 Å². The zero-order valence-electron chi connectivity index (χ0n) is 12.6. The molecule has 3 rings (SSSR count). The molecule has 1 aromatic carbocycles. The summed E-state index contributed by atoms with van der Waals surface area (Å²) < 4.78 is 7.31. The SMILES string of the molecule is COc1cccc(C=C(C#N)c2nnc3n2CCCCC3)c1. The van der Waals surface area contributed by atoms with Gasteiger partial charge in [0.1, 0.15) is 17.6 Å². The number of hydrogen-bond donors (Lipinski definition) is 0. The second-order valence-corrected chi connectivity index (χ2v) is 5.35. The molecule has 1 aliphatic heterocycles. The van der Waals surface area contributed by atoms with E-state index in [0.29, 0.717) is 11.4 Å². The Morgan fingerprint density at radius 3 is 3.05 bits per heavy atom. The van der Waals surface area contributed by atoms with Gasteiger partial charge >= 0.3 is 0 Å². The van der Waals surface area contributed by atoms with Crippen LogP contribution in [0.25, 0.3) is 11.6 Å². The predicted molar refractivity (Wildman–Crippen MR) is 84.1 cm³/mol. The highest BCUT2D eigenvalue weighted by Crippen LogP contribution is 2.22. The molecule has 0 radical (unpaired) electrons. The Balaban J connectivity index is 1.99. The van der Waals surface area contributed by atoms with Crippen LogP contribution in [-0.4, -0.2) is 21.9 Å². The standard InChI is InChI=1S/C17H18N4O/c1-22-15-7-5-6-13(11-15)10-14(12-18)17-20-19-16-8-3-2-4-9-21(16)17/h5-7,10-11H,2-4,8-9H2,1H3. The van der Waals surface area contributed by atoms with Crippen molar-refractivity contribution in [3.63, 3.8) is 0 Å². The summed E-state index contributed by atoms with van der Waals surface area (Å²) in [5.74, 6) is 2.42. The lowest BCUT2D eigenvalue weighted by Crippen LogP contribution is -2.05. The highest BCUT2D eigenvalue weighted by Gasteiger charge is 2.17. The molecule has 5 nitrogen and oxygen atoms in total. The lowest BCUT2D eigenvalue weighted by atomic mass is 10.1. The first-order valence-corrected chi connectivity index (χ1v) is 7.50. The summed E-state index contributed by atoms with van der Waals surface area (Å²) in [7, 11) is 1.63. The third-order valence-corrected chi connectivity index (χ3v) is 3.88. The number of rotatable bonds is 3. The van der Waals surface area contributed by atoms with Crippen molar-refractivity contribution in [3.8, 4) is 11.8 Å². The Hall–Kier alpha value is -2.61. The molecule has 2 heterocycles. The third-order valence-electron chi connectivity index (χ3n) is 3.88. The fourth-order valence-electron chi connectivity index (χ4n) is 2.73. The van der Waals surface area contributed by atoms with E-state index in [0.717, 1.165) is 42.9 Å². The van der Waals surface area contributed by atoms with E-state index >= 15 is 0 Å². The molecule has 0 atom stereocenters. The maximum absolute atomic E-state index is 9.53. The lowest BCUT2D eigenvalue weighted by molar-refractivity contribution is 0.414. The van der Waals surface area contributed by atoms with Gasteiger partial charge in [0.2, 0.25) is 0 Å². The minimum absolute atomic E-state index is 0.536. The average Bonchev–Trinajstić information content (AvgIpc) is 2.81. The van der Waals surface area contributed by atoms with E-state index in [1.54, 1.807) is 7.11 Å². The van der Waals surface area contributed by atoms with Gasteiger partial charge in [-0.05, 0) is 36.6 Å². The highest BCUT2D eigenvalue weighted by atomic mass is 16.5. The Morgan fingerprint density at radius 1 is 1.32 bits per heavy atom. The van der Waals surface area contributed by atoms with E-state index in [1.165, 1.54) is 6.42 Å². The molecule has 0 saturated carbocycles. The third kappa shape index (κ3) is 2.86. The van der Waals surface area contributed by atoms with E-state index in [-0.39, 0.29) is 0 Å². The van der Waals surface area contributed by atoms with Gasteiger partial charge in [0.05, 0.1) is 12.7 Å². The highest BCUT2D eigenvalue weighted by molar-refractivity contribution is 5.87. The molecule has 22 heavy (non-hydrogen) atoms. The Bertz CT molecular complexity index is 739. The number of methoxy groups -OCH3 is 1. The normalized spacial score (nSPS) is 14.8. The molecule has 0 N–H and O–H groups in total.